The minimum Gasteiger partial charge on any atom is -0.316 e. The summed E-state index contributed by atoms with van der Waals surface area (Å²) in [5, 5.41) is 3.47. The normalized spacial score (nSPS) is 28.7. The van der Waals surface area contributed by atoms with Crippen LogP contribution in [-0.4, -0.2) is 37.1 Å². The Labute approximate surface area is 89.1 Å². The van der Waals surface area contributed by atoms with Crippen molar-refractivity contribution >= 4 is 0 Å². The topological polar surface area (TPSA) is 15.3 Å². The predicted molar refractivity (Wildman–Crippen MR) is 62.5 cm³/mol. The van der Waals surface area contributed by atoms with Crippen LogP contribution in [0.4, 0.5) is 0 Å². The molecule has 1 aliphatic heterocycles. The fourth-order valence-corrected chi connectivity index (χ4v) is 2.51. The molecule has 2 atom stereocenters. The molecule has 2 unspecified atom stereocenters. The fourth-order valence-electron chi connectivity index (χ4n) is 2.51. The lowest BCUT2D eigenvalue weighted by molar-refractivity contribution is 0.113. The molecule has 1 saturated heterocycles. The molecular formula is C12H26N2. The Bertz CT molecular complexity index is 156. The molecule has 14 heavy (non-hydrogen) atoms. The van der Waals surface area contributed by atoms with Gasteiger partial charge < -0.3 is 10.2 Å². The van der Waals surface area contributed by atoms with Crippen molar-refractivity contribution in [1.82, 2.24) is 10.2 Å². The van der Waals surface area contributed by atoms with Gasteiger partial charge in [0.1, 0.15) is 0 Å². The van der Waals surface area contributed by atoms with Gasteiger partial charge in [-0.15, -0.1) is 0 Å². The lowest BCUT2D eigenvalue weighted by Gasteiger charge is -2.39. The molecule has 0 amide bonds. The molecular weight excluding hydrogens is 172 g/mol. The van der Waals surface area contributed by atoms with Crippen LogP contribution >= 0.6 is 0 Å². The second kappa shape index (κ2) is 5.72. The van der Waals surface area contributed by atoms with E-state index in [-0.39, 0.29) is 0 Å². The Hall–Kier alpha value is -0.0800. The lowest BCUT2D eigenvalue weighted by atomic mass is 9.93. The number of hydrogen-bond acceptors (Lipinski definition) is 2. The highest BCUT2D eigenvalue weighted by atomic mass is 15.2. The molecule has 0 spiro atoms. The van der Waals surface area contributed by atoms with E-state index in [9.17, 15) is 0 Å². The Morgan fingerprint density at radius 3 is 2.64 bits per heavy atom. The summed E-state index contributed by atoms with van der Waals surface area (Å²) in [6, 6.07) is 0.809. The van der Waals surface area contributed by atoms with Gasteiger partial charge >= 0.3 is 0 Å². The molecule has 1 aliphatic rings. The van der Waals surface area contributed by atoms with Gasteiger partial charge in [-0.05, 0) is 37.9 Å². The van der Waals surface area contributed by atoms with Crippen molar-refractivity contribution in [3.63, 3.8) is 0 Å². The predicted octanol–water partition coefficient (Wildman–Crippen LogP) is 1.96. The van der Waals surface area contributed by atoms with E-state index >= 15 is 0 Å². The number of nitrogens with zero attached hydrogens (tertiary/aromatic N) is 1. The van der Waals surface area contributed by atoms with Crippen LogP contribution in [0.2, 0.25) is 0 Å². The monoisotopic (exact) mass is 198 g/mol. The Balaban J connectivity index is 2.48. The first-order valence-corrected chi connectivity index (χ1v) is 6.09. The van der Waals surface area contributed by atoms with Crippen molar-refractivity contribution in [1.29, 1.82) is 0 Å². The maximum Gasteiger partial charge on any atom is 0.0145 e. The van der Waals surface area contributed by atoms with Crippen molar-refractivity contribution in [2.75, 3.05) is 26.2 Å². The third-order valence-corrected chi connectivity index (χ3v) is 3.21. The van der Waals surface area contributed by atoms with E-state index in [0.717, 1.165) is 17.9 Å². The fraction of sp³-hybridized carbons (Fsp3) is 1.00. The molecule has 2 heteroatoms. The van der Waals surface area contributed by atoms with Gasteiger partial charge in [-0.25, -0.2) is 0 Å². The largest absolute Gasteiger partial charge is 0.316 e. The molecule has 2 nitrogen and oxygen atoms in total. The zero-order chi connectivity index (χ0) is 10.6. The molecule has 0 aromatic carbocycles. The first-order valence-electron chi connectivity index (χ1n) is 6.09. The zero-order valence-corrected chi connectivity index (χ0v) is 10.2. The highest BCUT2D eigenvalue weighted by Crippen LogP contribution is 2.18. The molecule has 84 valence electrons. The molecule has 1 rings (SSSR count). The van der Waals surface area contributed by atoms with Crippen molar-refractivity contribution in [3.8, 4) is 0 Å². The van der Waals surface area contributed by atoms with Crippen LogP contribution in [0.15, 0.2) is 0 Å². The average Bonchev–Trinajstić information content (AvgIpc) is 2.15. The van der Waals surface area contributed by atoms with E-state index in [4.69, 9.17) is 0 Å². The second-order valence-corrected chi connectivity index (χ2v) is 5.02. The summed E-state index contributed by atoms with van der Waals surface area (Å²) in [6.45, 7) is 14.1. The molecule has 1 N–H and O–H groups in total. The van der Waals surface area contributed by atoms with Gasteiger partial charge in [-0.3, -0.25) is 0 Å². The van der Waals surface area contributed by atoms with E-state index in [1.54, 1.807) is 0 Å². The van der Waals surface area contributed by atoms with E-state index in [1.807, 2.05) is 0 Å². The van der Waals surface area contributed by atoms with E-state index < -0.39 is 0 Å². The van der Waals surface area contributed by atoms with Crippen LogP contribution in [0, 0.1) is 11.8 Å². The van der Waals surface area contributed by atoms with E-state index in [2.05, 4.69) is 37.9 Å². The van der Waals surface area contributed by atoms with Gasteiger partial charge in [0.2, 0.25) is 0 Å². The number of hydrogen-bond donors (Lipinski definition) is 1. The molecule has 0 saturated carbocycles. The van der Waals surface area contributed by atoms with Crippen LogP contribution in [0.3, 0.4) is 0 Å². The standard InChI is InChI=1S/C12H26N2/c1-5-14(9-10(2)3)12-6-7-13-8-11(12)4/h10-13H,5-9H2,1-4H3. The summed E-state index contributed by atoms with van der Waals surface area (Å²) in [6.07, 6.45) is 1.32. The molecule has 0 bridgehead atoms. The van der Waals surface area contributed by atoms with Crippen LogP contribution < -0.4 is 5.32 Å². The molecule has 0 aromatic rings. The minimum absolute atomic E-state index is 0.789. The van der Waals surface area contributed by atoms with Gasteiger partial charge in [0.05, 0.1) is 0 Å². The average molecular weight is 198 g/mol. The summed E-state index contributed by atoms with van der Waals surface area (Å²) < 4.78 is 0. The zero-order valence-electron chi connectivity index (χ0n) is 10.2. The van der Waals surface area contributed by atoms with E-state index in [1.165, 1.54) is 32.6 Å². The quantitative estimate of drug-likeness (QED) is 0.743. The maximum atomic E-state index is 3.47. The third-order valence-electron chi connectivity index (χ3n) is 3.21. The summed E-state index contributed by atoms with van der Waals surface area (Å²) >= 11 is 0. The SMILES string of the molecule is CCN(CC(C)C)C1CCNCC1C. The first kappa shape index (κ1) is 12.0. The number of piperidine rings is 1. The van der Waals surface area contributed by atoms with Gasteiger partial charge in [0.25, 0.3) is 0 Å². The smallest absolute Gasteiger partial charge is 0.0145 e. The molecule has 1 fully saturated rings. The molecule has 0 radical (unpaired) electrons. The molecule has 0 aliphatic carbocycles. The summed E-state index contributed by atoms with van der Waals surface area (Å²) in [7, 11) is 0. The molecule has 0 aromatic heterocycles. The Kier molecular flexibility index (Phi) is 4.90. The van der Waals surface area contributed by atoms with Gasteiger partial charge in [-0.1, -0.05) is 27.7 Å². The van der Waals surface area contributed by atoms with Gasteiger partial charge in [-0.2, -0.15) is 0 Å². The van der Waals surface area contributed by atoms with Crippen molar-refractivity contribution in [2.24, 2.45) is 11.8 Å². The van der Waals surface area contributed by atoms with Crippen molar-refractivity contribution in [3.05, 3.63) is 0 Å². The van der Waals surface area contributed by atoms with Crippen molar-refractivity contribution in [2.45, 2.75) is 40.2 Å². The first-order chi connectivity index (χ1) is 6.65. The van der Waals surface area contributed by atoms with Gasteiger partial charge in [0, 0.05) is 12.6 Å². The second-order valence-electron chi connectivity index (χ2n) is 5.02. The minimum atomic E-state index is 0.789. The highest BCUT2D eigenvalue weighted by molar-refractivity contribution is 4.83. The Morgan fingerprint density at radius 2 is 2.14 bits per heavy atom. The highest BCUT2D eigenvalue weighted by Gasteiger charge is 2.26. The maximum absolute atomic E-state index is 3.47. The third kappa shape index (κ3) is 3.25. The van der Waals surface area contributed by atoms with Crippen LogP contribution in [0.25, 0.3) is 0 Å². The van der Waals surface area contributed by atoms with E-state index in [0.29, 0.717) is 0 Å². The lowest BCUT2D eigenvalue weighted by Crippen LogP contribution is -2.49. The number of rotatable bonds is 4. The Morgan fingerprint density at radius 1 is 1.43 bits per heavy atom. The molecule has 1 heterocycles. The summed E-state index contributed by atoms with van der Waals surface area (Å²) in [4.78, 5) is 2.66. The summed E-state index contributed by atoms with van der Waals surface area (Å²) in [5.74, 6) is 1.60. The van der Waals surface area contributed by atoms with Gasteiger partial charge in [0.15, 0.2) is 0 Å². The van der Waals surface area contributed by atoms with Crippen LogP contribution in [-0.2, 0) is 0 Å². The van der Waals surface area contributed by atoms with Crippen LogP contribution in [0.5, 0.6) is 0 Å². The van der Waals surface area contributed by atoms with Crippen LogP contribution in [0.1, 0.15) is 34.1 Å². The summed E-state index contributed by atoms with van der Waals surface area (Å²) in [5.41, 5.74) is 0. The number of nitrogens with one attached hydrogen (secondary N) is 1. The van der Waals surface area contributed by atoms with Crippen molar-refractivity contribution < 1.29 is 0 Å².